The minimum absolute atomic E-state index is 0.0813. The zero-order chi connectivity index (χ0) is 12.6. The van der Waals surface area contributed by atoms with E-state index in [0.717, 1.165) is 12.8 Å². The average molecular weight is 241 g/mol. The van der Waals surface area contributed by atoms with E-state index >= 15 is 0 Å². The topological polar surface area (TPSA) is 35.2 Å². The standard InChI is InChI=1S/C11H22F3NO/c1-3-6-10(16-4-2)9(15)7-5-8-11(12,13)14/h9-10H,3-8,15H2,1-2H3. The number of hydrogen-bond acceptors (Lipinski definition) is 2. The van der Waals surface area contributed by atoms with Gasteiger partial charge in [0.15, 0.2) is 0 Å². The Bertz CT molecular complexity index is 167. The summed E-state index contributed by atoms with van der Waals surface area (Å²) in [6.45, 7) is 4.43. The minimum atomic E-state index is -4.08. The summed E-state index contributed by atoms with van der Waals surface area (Å²) in [6.07, 6.45) is -2.76. The highest BCUT2D eigenvalue weighted by molar-refractivity contribution is 4.73. The number of rotatable bonds is 8. The fourth-order valence-electron chi connectivity index (χ4n) is 1.64. The van der Waals surface area contributed by atoms with Crippen molar-refractivity contribution in [3.8, 4) is 0 Å². The second kappa shape index (κ2) is 7.90. The molecule has 0 aromatic carbocycles. The molecule has 0 bridgehead atoms. The van der Waals surface area contributed by atoms with E-state index in [1.54, 1.807) is 0 Å². The van der Waals surface area contributed by atoms with E-state index in [-0.39, 0.29) is 18.6 Å². The van der Waals surface area contributed by atoms with Crippen LogP contribution in [0.5, 0.6) is 0 Å². The molecule has 0 aromatic rings. The Morgan fingerprint density at radius 3 is 2.25 bits per heavy atom. The highest BCUT2D eigenvalue weighted by atomic mass is 19.4. The Labute approximate surface area is 95.3 Å². The van der Waals surface area contributed by atoms with E-state index in [1.807, 2.05) is 13.8 Å². The quantitative estimate of drug-likeness (QED) is 0.708. The van der Waals surface area contributed by atoms with Gasteiger partial charge in [0.25, 0.3) is 0 Å². The van der Waals surface area contributed by atoms with Gasteiger partial charge in [0.05, 0.1) is 6.10 Å². The smallest absolute Gasteiger partial charge is 0.377 e. The maximum absolute atomic E-state index is 11.9. The minimum Gasteiger partial charge on any atom is -0.377 e. The van der Waals surface area contributed by atoms with Crippen molar-refractivity contribution in [1.29, 1.82) is 0 Å². The van der Waals surface area contributed by atoms with Crippen LogP contribution in [0.3, 0.4) is 0 Å². The molecular weight excluding hydrogens is 219 g/mol. The third kappa shape index (κ3) is 7.93. The second-order valence-corrected chi connectivity index (χ2v) is 3.95. The summed E-state index contributed by atoms with van der Waals surface area (Å²) in [4.78, 5) is 0. The molecule has 0 amide bonds. The van der Waals surface area contributed by atoms with Gasteiger partial charge in [-0.1, -0.05) is 13.3 Å². The van der Waals surface area contributed by atoms with Gasteiger partial charge in [0, 0.05) is 19.1 Å². The van der Waals surface area contributed by atoms with E-state index in [1.165, 1.54) is 0 Å². The molecule has 0 aliphatic carbocycles. The van der Waals surface area contributed by atoms with Crippen LogP contribution in [-0.4, -0.2) is 24.9 Å². The summed E-state index contributed by atoms with van der Waals surface area (Å²) < 4.78 is 41.2. The molecule has 0 saturated carbocycles. The van der Waals surface area contributed by atoms with Crippen LogP contribution in [0.4, 0.5) is 13.2 Å². The van der Waals surface area contributed by atoms with Gasteiger partial charge < -0.3 is 10.5 Å². The van der Waals surface area contributed by atoms with Gasteiger partial charge in [-0.2, -0.15) is 13.2 Å². The SMILES string of the molecule is CCCC(OCC)C(N)CCCC(F)(F)F. The lowest BCUT2D eigenvalue weighted by Gasteiger charge is -2.23. The second-order valence-electron chi connectivity index (χ2n) is 3.95. The highest BCUT2D eigenvalue weighted by Crippen LogP contribution is 2.23. The first-order valence-corrected chi connectivity index (χ1v) is 5.84. The van der Waals surface area contributed by atoms with Crippen molar-refractivity contribution in [1.82, 2.24) is 0 Å². The lowest BCUT2D eigenvalue weighted by atomic mass is 10.0. The molecule has 0 aliphatic heterocycles. The van der Waals surface area contributed by atoms with Gasteiger partial charge in [-0.05, 0) is 26.2 Å². The number of ether oxygens (including phenoxy) is 1. The van der Waals surface area contributed by atoms with Crippen LogP contribution >= 0.6 is 0 Å². The molecule has 0 aromatic heterocycles. The third-order valence-electron chi connectivity index (χ3n) is 2.43. The van der Waals surface area contributed by atoms with Crippen LogP contribution in [0.15, 0.2) is 0 Å². The number of halogens is 3. The van der Waals surface area contributed by atoms with Crippen molar-refractivity contribution in [3.05, 3.63) is 0 Å². The highest BCUT2D eigenvalue weighted by Gasteiger charge is 2.27. The number of nitrogens with two attached hydrogens (primary N) is 1. The Balaban J connectivity index is 3.86. The van der Waals surface area contributed by atoms with Gasteiger partial charge in [0.2, 0.25) is 0 Å². The molecule has 2 N–H and O–H groups in total. The average Bonchev–Trinajstić information content (AvgIpc) is 2.15. The Hall–Kier alpha value is -0.290. The first kappa shape index (κ1) is 15.7. The van der Waals surface area contributed by atoms with Crippen LogP contribution in [0.25, 0.3) is 0 Å². The van der Waals surface area contributed by atoms with Crippen molar-refractivity contribution < 1.29 is 17.9 Å². The van der Waals surface area contributed by atoms with Crippen molar-refractivity contribution in [2.45, 2.75) is 64.3 Å². The summed E-state index contributed by atoms with van der Waals surface area (Å²) in [7, 11) is 0. The summed E-state index contributed by atoms with van der Waals surface area (Å²) in [6, 6.07) is -0.290. The predicted octanol–water partition coefficient (Wildman–Crippen LogP) is 3.25. The largest absolute Gasteiger partial charge is 0.389 e. The first-order chi connectivity index (χ1) is 7.40. The summed E-state index contributed by atoms with van der Waals surface area (Å²) in [5.74, 6) is 0. The van der Waals surface area contributed by atoms with Crippen LogP contribution in [0, 0.1) is 0 Å². The molecule has 2 unspecified atom stereocenters. The summed E-state index contributed by atoms with van der Waals surface area (Å²) >= 11 is 0. The van der Waals surface area contributed by atoms with Crippen LogP contribution < -0.4 is 5.73 Å². The summed E-state index contributed by atoms with van der Waals surface area (Å²) in [5, 5.41) is 0. The molecule has 16 heavy (non-hydrogen) atoms. The molecule has 0 radical (unpaired) electrons. The van der Waals surface area contributed by atoms with E-state index < -0.39 is 12.6 Å². The molecule has 0 aliphatic rings. The lowest BCUT2D eigenvalue weighted by Crippen LogP contribution is -2.37. The first-order valence-electron chi connectivity index (χ1n) is 5.84. The zero-order valence-corrected chi connectivity index (χ0v) is 10.0. The molecule has 2 atom stereocenters. The molecule has 2 nitrogen and oxygen atoms in total. The van der Waals surface area contributed by atoms with Crippen molar-refractivity contribution >= 4 is 0 Å². The van der Waals surface area contributed by atoms with Gasteiger partial charge in [-0.25, -0.2) is 0 Å². The van der Waals surface area contributed by atoms with E-state index in [4.69, 9.17) is 10.5 Å². The maximum Gasteiger partial charge on any atom is 0.389 e. The molecule has 0 spiro atoms. The fraction of sp³-hybridized carbons (Fsp3) is 1.00. The summed E-state index contributed by atoms with van der Waals surface area (Å²) in [5.41, 5.74) is 5.83. The Kier molecular flexibility index (Phi) is 7.76. The van der Waals surface area contributed by atoms with Gasteiger partial charge >= 0.3 is 6.18 Å². The molecule has 98 valence electrons. The lowest BCUT2D eigenvalue weighted by molar-refractivity contribution is -0.136. The number of hydrogen-bond donors (Lipinski definition) is 1. The van der Waals surface area contributed by atoms with Crippen molar-refractivity contribution in [2.75, 3.05) is 6.61 Å². The molecule has 0 fully saturated rings. The normalized spacial score (nSPS) is 16.1. The predicted molar refractivity (Wildman–Crippen MR) is 58.2 cm³/mol. The molecule has 0 heterocycles. The van der Waals surface area contributed by atoms with E-state index in [9.17, 15) is 13.2 Å². The van der Waals surface area contributed by atoms with Crippen LogP contribution in [-0.2, 0) is 4.74 Å². The Morgan fingerprint density at radius 2 is 1.81 bits per heavy atom. The fourth-order valence-corrected chi connectivity index (χ4v) is 1.64. The van der Waals surface area contributed by atoms with E-state index in [2.05, 4.69) is 0 Å². The van der Waals surface area contributed by atoms with Gasteiger partial charge in [0.1, 0.15) is 0 Å². The van der Waals surface area contributed by atoms with Crippen LogP contribution in [0.2, 0.25) is 0 Å². The maximum atomic E-state index is 11.9. The molecule has 0 saturated heterocycles. The molecule has 5 heteroatoms. The van der Waals surface area contributed by atoms with Crippen LogP contribution in [0.1, 0.15) is 46.0 Å². The third-order valence-corrected chi connectivity index (χ3v) is 2.43. The van der Waals surface area contributed by atoms with E-state index in [0.29, 0.717) is 13.0 Å². The molecule has 0 rings (SSSR count). The van der Waals surface area contributed by atoms with Crippen molar-refractivity contribution in [3.63, 3.8) is 0 Å². The van der Waals surface area contributed by atoms with Gasteiger partial charge in [-0.15, -0.1) is 0 Å². The molecular formula is C11H22F3NO. The monoisotopic (exact) mass is 241 g/mol. The number of alkyl halides is 3. The zero-order valence-electron chi connectivity index (χ0n) is 10.0. The Morgan fingerprint density at radius 1 is 1.19 bits per heavy atom. The van der Waals surface area contributed by atoms with Crippen molar-refractivity contribution in [2.24, 2.45) is 5.73 Å². The van der Waals surface area contributed by atoms with Gasteiger partial charge in [-0.3, -0.25) is 0 Å².